The lowest BCUT2D eigenvalue weighted by Crippen LogP contribution is -2.58. The molecule has 1 aliphatic rings. The lowest BCUT2D eigenvalue weighted by atomic mass is 10.1. The molecule has 1 N–H and O–H groups in total. The first-order chi connectivity index (χ1) is 15.8. The quantitative estimate of drug-likeness (QED) is 0.656. The number of ether oxygens (including phenoxy) is 1. The van der Waals surface area contributed by atoms with Crippen molar-refractivity contribution in [3.8, 4) is 0 Å². The van der Waals surface area contributed by atoms with E-state index in [9.17, 15) is 35.9 Å². The molecular formula is C20H21F6N5O3. The first-order valence-corrected chi connectivity index (χ1v) is 10.2. The highest BCUT2D eigenvalue weighted by molar-refractivity contribution is 5.68. The smallest absolute Gasteiger partial charge is 0.421 e. The number of nitrogens with one attached hydrogen (secondary N) is 1. The van der Waals surface area contributed by atoms with Gasteiger partial charge in [0.25, 0.3) is 5.56 Å². The lowest BCUT2D eigenvalue weighted by Gasteiger charge is -2.43. The zero-order valence-corrected chi connectivity index (χ0v) is 18.1. The number of rotatable bonds is 4. The number of carbonyl (C=O) groups is 1. The highest BCUT2D eigenvalue weighted by Crippen LogP contribution is 2.30. The number of aromatic nitrogens is 3. The summed E-state index contributed by atoms with van der Waals surface area (Å²) in [6, 6.07) is 0.0165. The summed E-state index contributed by atoms with van der Waals surface area (Å²) in [6.45, 7) is 3.62. The number of amides is 1. The Morgan fingerprint density at radius 2 is 1.68 bits per heavy atom. The van der Waals surface area contributed by atoms with Gasteiger partial charge in [-0.3, -0.25) is 4.79 Å². The van der Waals surface area contributed by atoms with Crippen molar-refractivity contribution in [1.82, 2.24) is 19.9 Å². The maximum atomic E-state index is 12.8. The third-order valence-corrected chi connectivity index (χ3v) is 5.26. The van der Waals surface area contributed by atoms with Crippen molar-refractivity contribution in [2.24, 2.45) is 0 Å². The van der Waals surface area contributed by atoms with E-state index in [1.165, 1.54) is 4.90 Å². The Hall–Kier alpha value is -3.32. The summed E-state index contributed by atoms with van der Waals surface area (Å²) < 4.78 is 81.9. The molecule has 8 nitrogen and oxygen atoms in total. The van der Waals surface area contributed by atoms with E-state index in [0.29, 0.717) is 18.5 Å². The molecule has 0 unspecified atom stereocenters. The van der Waals surface area contributed by atoms with Gasteiger partial charge in [0.1, 0.15) is 5.56 Å². The van der Waals surface area contributed by atoms with Gasteiger partial charge in [0, 0.05) is 50.2 Å². The minimum Gasteiger partial charge on any atom is -0.449 e. The normalized spacial score (nSPS) is 19.3. The average molecular weight is 493 g/mol. The van der Waals surface area contributed by atoms with E-state index in [2.05, 4.69) is 9.97 Å². The zero-order chi connectivity index (χ0) is 25.3. The number of halogens is 6. The minimum absolute atomic E-state index is 0.0456. The van der Waals surface area contributed by atoms with Gasteiger partial charge < -0.3 is 19.5 Å². The van der Waals surface area contributed by atoms with Crippen molar-refractivity contribution in [1.29, 1.82) is 0 Å². The number of anilines is 1. The Kier molecular flexibility index (Phi) is 7.07. The van der Waals surface area contributed by atoms with E-state index in [1.54, 1.807) is 18.7 Å². The first kappa shape index (κ1) is 25.3. The second kappa shape index (κ2) is 9.50. The van der Waals surface area contributed by atoms with Gasteiger partial charge in [0.05, 0.1) is 12.2 Å². The van der Waals surface area contributed by atoms with E-state index < -0.39 is 35.1 Å². The van der Waals surface area contributed by atoms with Crippen LogP contribution < -0.4 is 10.5 Å². The Morgan fingerprint density at radius 3 is 2.21 bits per heavy atom. The van der Waals surface area contributed by atoms with E-state index in [-0.39, 0.29) is 49.7 Å². The van der Waals surface area contributed by atoms with Crippen LogP contribution >= 0.6 is 0 Å². The molecule has 14 heteroatoms. The monoisotopic (exact) mass is 493 g/mol. The van der Waals surface area contributed by atoms with Crippen molar-refractivity contribution >= 4 is 12.0 Å². The largest absolute Gasteiger partial charge is 0.449 e. The molecule has 1 aliphatic heterocycles. The molecule has 2 aromatic rings. The van der Waals surface area contributed by atoms with E-state index in [0.717, 1.165) is 6.20 Å². The van der Waals surface area contributed by atoms with Crippen LogP contribution in [-0.2, 0) is 23.5 Å². The third-order valence-electron chi connectivity index (χ3n) is 5.26. The number of hydrogen-bond acceptors (Lipinski definition) is 6. The second-order valence-electron chi connectivity index (χ2n) is 7.89. The summed E-state index contributed by atoms with van der Waals surface area (Å²) in [5.41, 5.74) is -3.42. The number of alkyl halides is 6. The van der Waals surface area contributed by atoms with Crippen LogP contribution in [0.1, 0.15) is 30.5 Å². The van der Waals surface area contributed by atoms with Crippen molar-refractivity contribution < 1.29 is 35.9 Å². The van der Waals surface area contributed by atoms with Gasteiger partial charge in [0.2, 0.25) is 5.95 Å². The standard InChI is InChI=1S/C20H21F6N5O3/c1-11-9-30(10-12(2)31(11)17-28-7-14(8-29-17)19(21,22)23)18(33)34-4-3-13-5-15(20(24,25)26)16(32)27-6-13/h5-8,11-12H,3-4,9-10H2,1-2H3,(H,27,32)/t11-,12-/m0/s1. The molecule has 1 amide bonds. The van der Waals surface area contributed by atoms with Crippen LogP contribution in [0.5, 0.6) is 0 Å². The molecule has 0 aromatic carbocycles. The maximum absolute atomic E-state index is 12.8. The molecule has 186 valence electrons. The van der Waals surface area contributed by atoms with Crippen LogP contribution in [0.2, 0.25) is 0 Å². The average Bonchev–Trinajstić information content (AvgIpc) is 2.73. The lowest BCUT2D eigenvalue weighted by molar-refractivity contribution is -0.139. The maximum Gasteiger partial charge on any atom is 0.421 e. The van der Waals surface area contributed by atoms with Crippen LogP contribution in [0.15, 0.2) is 29.5 Å². The predicted molar refractivity (Wildman–Crippen MR) is 107 cm³/mol. The Labute approximate surface area is 189 Å². The number of pyridine rings is 1. The second-order valence-corrected chi connectivity index (χ2v) is 7.89. The van der Waals surface area contributed by atoms with Gasteiger partial charge >= 0.3 is 18.4 Å². The minimum atomic E-state index is -4.80. The summed E-state index contributed by atoms with van der Waals surface area (Å²) in [4.78, 5) is 36.5. The molecule has 3 heterocycles. The Morgan fingerprint density at radius 1 is 1.09 bits per heavy atom. The van der Waals surface area contributed by atoms with Gasteiger partial charge in [-0.1, -0.05) is 0 Å². The fourth-order valence-corrected chi connectivity index (χ4v) is 3.70. The molecule has 34 heavy (non-hydrogen) atoms. The van der Waals surface area contributed by atoms with Crippen molar-refractivity contribution in [2.75, 3.05) is 24.6 Å². The fraction of sp³-hybridized carbons (Fsp3) is 0.500. The van der Waals surface area contributed by atoms with Crippen LogP contribution in [0.25, 0.3) is 0 Å². The summed E-state index contributed by atoms with van der Waals surface area (Å²) in [7, 11) is 0. The van der Waals surface area contributed by atoms with Crippen molar-refractivity contribution in [3.63, 3.8) is 0 Å². The third kappa shape index (κ3) is 5.78. The summed E-state index contributed by atoms with van der Waals surface area (Å²) >= 11 is 0. The van der Waals surface area contributed by atoms with Gasteiger partial charge in [-0.25, -0.2) is 14.8 Å². The highest BCUT2D eigenvalue weighted by atomic mass is 19.4. The predicted octanol–water partition coefficient (Wildman–Crippen LogP) is 3.48. The van der Waals surface area contributed by atoms with Gasteiger partial charge in [-0.05, 0) is 25.5 Å². The van der Waals surface area contributed by atoms with Gasteiger partial charge in [-0.2, -0.15) is 26.3 Å². The SMILES string of the molecule is C[C@H]1CN(C(=O)OCCc2c[nH]c(=O)c(C(F)(F)F)c2)C[C@H](C)N1c1ncc(C(F)(F)F)cn1. The summed E-state index contributed by atoms with van der Waals surface area (Å²) in [5.74, 6) is 0.0968. The molecule has 1 fully saturated rings. The number of H-pyrrole nitrogens is 1. The van der Waals surface area contributed by atoms with Crippen LogP contribution in [0.3, 0.4) is 0 Å². The molecule has 0 radical (unpaired) electrons. The molecule has 0 aliphatic carbocycles. The van der Waals surface area contributed by atoms with E-state index in [1.807, 2.05) is 4.98 Å². The number of aromatic amines is 1. The number of nitrogens with zero attached hydrogens (tertiary/aromatic N) is 4. The molecule has 0 saturated carbocycles. The zero-order valence-electron chi connectivity index (χ0n) is 18.1. The molecule has 2 aromatic heterocycles. The van der Waals surface area contributed by atoms with Crippen LogP contribution in [-0.4, -0.2) is 57.7 Å². The van der Waals surface area contributed by atoms with E-state index in [4.69, 9.17) is 4.74 Å². The van der Waals surface area contributed by atoms with Crippen LogP contribution in [0, 0.1) is 0 Å². The molecular weight excluding hydrogens is 472 g/mol. The first-order valence-electron chi connectivity index (χ1n) is 10.2. The van der Waals surface area contributed by atoms with Crippen molar-refractivity contribution in [3.05, 3.63) is 51.7 Å². The fourth-order valence-electron chi connectivity index (χ4n) is 3.70. The van der Waals surface area contributed by atoms with E-state index >= 15 is 0 Å². The number of piperazine rings is 1. The highest BCUT2D eigenvalue weighted by Gasteiger charge is 2.36. The summed E-state index contributed by atoms with van der Waals surface area (Å²) in [6.07, 6.45) is -7.57. The van der Waals surface area contributed by atoms with Crippen LogP contribution in [0.4, 0.5) is 37.1 Å². The van der Waals surface area contributed by atoms with Gasteiger partial charge in [-0.15, -0.1) is 0 Å². The van der Waals surface area contributed by atoms with Crippen molar-refractivity contribution in [2.45, 2.75) is 44.7 Å². The Bertz CT molecular complexity index is 1060. The molecule has 2 atom stereocenters. The number of hydrogen-bond donors (Lipinski definition) is 1. The summed E-state index contributed by atoms with van der Waals surface area (Å²) in [5, 5.41) is 0. The molecule has 1 saturated heterocycles. The topological polar surface area (TPSA) is 91.4 Å². The molecule has 3 rings (SSSR count). The number of carbonyl (C=O) groups excluding carboxylic acids is 1. The molecule has 0 bridgehead atoms. The Balaban J connectivity index is 1.57. The molecule has 0 spiro atoms. The van der Waals surface area contributed by atoms with Gasteiger partial charge in [0.15, 0.2) is 0 Å².